The van der Waals surface area contributed by atoms with Gasteiger partial charge in [0.25, 0.3) is 0 Å². The molecule has 0 aliphatic carbocycles. The number of halogens is 2. The predicted octanol–water partition coefficient (Wildman–Crippen LogP) is 4.31. The van der Waals surface area contributed by atoms with E-state index in [-0.39, 0.29) is 11.9 Å². The molecule has 5 nitrogen and oxygen atoms in total. The van der Waals surface area contributed by atoms with Gasteiger partial charge in [-0.05, 0) is 56.3 Å². The van der Waals surface area contributed by atoms with Crippen LogP contribution in [0, 0.1) is 17.6 Å². The van der Waals surface area contributed by atoms with Gasteiger partial charge in [0, 0.05) is 30.7 Å². The lowest BCUT2D eigenvalue weighted by Gasteiger charge is -2.37. The van der Waals surface area contributed by atoms with E-state index in [0.717, 1.165) is 70.5 Å². The molecule has 0 saturated carbocycles. The Morgan fingerprint density at radius 3 is 2.83 bits per heavy atom. The molecule has 1 aromatic heterocycles. The lowest BCUT2D eigenvalue weighted by Crippen LogP contribution is -2.49. The average molecular weight is 422 g/mol. The third kappa shape index (κ3) is 4.99. The van der Waals surface area contributed by atoms with Crippen molar-refractivity contribution in [3.8, 4) is 11.3 Å². The third-order valence-electron chi connectivity index (χ3n) is 5.70. The Hall–Kier alpha value is -1.90. The molecule has 1 atom stereocenters. The van der Waals surface area contributed by atoms with Crippen molar-refractivity contribution in [2.24, 2.45) is 5.92 Å². The van der Waals surface area contributed by atoms with Crippen molar-refractivity contribution in [3.63, 3.8) is 0 Å². The van der Waals surface area contributed by atoms with E-state index in [4.69, 9.17) is 4.74 Å². The van der Waals surface area contributed by atoms with Crippen molar-refractivity contribution in [2.75, 3.05) is 31.6 Å². The number of piperidine rings is 1. The number of carbonyl (C=O) groups excluding carboxylic acids is 1. The van der Waals surface area contributed by atoms with Crippen molar-refractivity contribution >= 4 is 22.4 Å². The Labute approximate surface area is 173 Å². The molecule has 1 amide bonds. The van der Waals surface area contributed by atoms with Gasteiger partial charge >= 0.3 is 0 Å². The van der Waals surface area contributed by atoms with Crippen LogP contribution in [0.2, 0.25) is 0 Å². The van der Waals surface area contributed by atoms with Gasteiger partial charge in [-0.3, -0.25) is 9.69 Å². The van der Waals surface area contributed by atoms with Gasteiger partial charge in [-0.15, -0.1) is 11.3 Å². The largest absolute Gasteiger partial charge is 0.381 e. The van der Waals surface area contributed by atoms with Gasteiger partial charge in [-0.2, -0.15) is 0 Å². The molecule has 4 rings (SSSR count). The van der Waals surface area contributed by atoms with Crippen molar-refractivity contribution in [1.29, 1.82) is 0 Å². The fourth-order valence-corrected chi connectivity index (χ4v) is 4.80. The zero-order valence-electron chi connectivity index (χ0n) is 16.2. The summed E-state index contributed by atoms with van der Waals surface area (Å²) in [6.45, 7) is 3.48. The van der Waals surface area contributed by atoms with Crippen LogP contribution in [0.3, 0.4) is 0 Å². The van der Waals surface area contributed by atoms with Gasteiger partial charge in [-0.25, -0.2) is 13.8 Å². The first-order chi connectivity index (χ1) is 14.1. The maximum absolute atomic E-state index is 13.5. The number of carbonyl (C=O) groups is 1. The summed E-state index contributed by atoms with van der Waals surface area (Å²) < 4.78 is 32.1. The summed E-state index contributed by atoms with van der Waals surface area (Å²) in [4.78, 5) is 19.6. The fourth-order valence-electron chi connectivity index (χ4n) is 4.07. The van der Waals surface area contributed by atoms with Gasteiger partial charge in [-0.1, -0.05) is 6.42 Å². The quantitative estimate of drug-likeness (QED) is 0.782. The number of nitrogens with one attached hydrogen (secondary N) is 1. The van der Waals surface area contributed by atoms with Crippen LogP contribution >= 0.6 is 11.3 Å². The third-order valence-corrected chi connectivity index (χ3v) is 6.46. The monoisotopic (exact) mass is 421 g/mol. The molecule has 1 N–H and O–H groups in total. The van der Waals surface area contributed by atoms with Crippen LogP contribution in [-0.2, 0) is 9.53 Å². The number of likely N-dealkylation sites (tertiary alicyclic amines) is 1. The standard InChI is InChI=1S/C21H25F2N3O2S/c22-16-5-4-15(11-17(16)23)18-13-29-21(24-18)25-20(27)19-3-1-2-8-26(19)12-14-6-9-28-10-7-14/h4-5,11,13-14,19H,1-3,6-10,12H2,(H,24,25,27)/t19-/m0/s1. The molecule has 2 aromatic rings. The van der Waals surface area contributed by atoms with Crippen molar-refractivity contribution in [2.45, 2.75) is 38.1 Å². The van der Waals surface area contributed by atoms with Gasteiger partial charge < -0.3 is 10.1 Å². The number of nitrogens with zero attached hydrogens (tertiary/aromatic N) is 2. The number of thiazole rings is 1. The smallest absolute Gasteiger partial charge is 0.243 e. The van der Waals surface area contributed by atoms with Crippen LogP contribution in [0.25, 0.3) is 11.3 Å². The van der Waals surface area contributed by atoms with E-state index in [0.29, 0.717) is 22.3 Å². The first kappa shape index (κ1) is 20.4. The second-order valence-corrected chi connectivity index (χ2v) is 8.58. The molecule has 2 saturated heterocycles. The molecular formula is C21H25F2N3O2S. The summed E-state index contributed by atoms with van der Waals surface area (Å²) in [5.41, 5.74) is 1.01. The van der Waals surface area contributed by atoms with E-state index in [2.05, 4.69) is 15.2 Å². The molecule has 3 heterocycles. The summed E-state index contributed by atoms with van der Waals surface area (Å²) in [7, 11) is 0. The summed E-state index contributed by atoms with van der Waals surface area (Å²) in [5, 5.41) is 5.15. The maximum Gasteiger partial charge on any atom is 0.243 e. The second kappa shape index (κ2) is 9.28. The molecule has 2 aliphatic rings. The van der Waals surface area contributed by atoms with Crippen molar-refractivity contribution < 1.29 is 18.3 Å². The number of benzene rings is 1. The second-order valence-electron chi connectivity index (χ2n) is 7.72. The van der Waals surface area contributed by atoms with E-state index in [9.17, 15) is 13.6 Å². The lowest BCUT2D eigenvalue weighted by molar-refractivity contribution is -0.122. The van der Waals surface area contributed by atoms with Crippen LogP contribution in [0.5, 0.6) is 0 Å². The van der Waals surface area contributed by atoms with E-state index in [1.165, 1.54) is 17.4 Å². The molecule has 0 radical (unpaired) electrons. The van der Waals surface area contributed by atoms with Crippen LogP contribution in [-0.4, -0.2) is 48.1 Å². The number of ether oxygens (including phenoxy) is 1. The molecule has 2 fully saturated rings. The molecule has 2 aliphatic heterocycles. The number of hydrogen-bond donors (Lipinski definition) is 1. The maximum atomic E-state index is 13.5. The Kier molecular flexibility index (Phi) is 6.52. The predicted molar refractivity (Wildman–Crippen MR) is 109 cm³/mol. The normalized spacial score (nSPS) is 21.2. The van der Waals surface area contributed by atoms with Crippen LogP contribution < -0.4 is 5.32 Å². The minimum atomic E-state index is -0.910. The van der Waals surface area contributed by atoms with Crippen LogP contribution in [0.4, 0.5) is 13.9 Å². The van der Waals surface area contributed by atoms with E-state index in [1.807, 2.05) is 0 Å². The molecule has 0 bridgehead atoms. The number of aromatic nitrogens is 1. The van der Waals surface area contributed by atoms with Crippen LogP contribution in [0.15, 0.2) is 23.6 Å². The van der Waals surface area contributed by atoms with Gasteiger partial charge in [0.2, 0.25) is 5.91 Å². The highest BCUT2D eigenvalue weighted by Crippen LogP contribution is 2.28. The Bertz CT molecular complexity index is 854. The molecular weight excluding hydrogens is 396 g/mol. The SMILES string of the molecule is O=C(Nc1nc(-c2ccc(F)c(F)c2)cs1)[C@@H]1CCCCN1CC1CCOCC1. The molecule has 0 spiro atoms. The van der Waals surface area contributed by atoms with Crippen molar-refractivity contribution in [3.05, 3.63) is 35.2 Å². The van der Waals surface area contributed by atoms with E-state index >= 15 is 0 Å². The molecule has 8 heteroatoms. The highest BCUT2D eigenvalue weighted by atomic mass is 32.1. The molecule has 156 valence electrons. The lowest BCUT2D eigenvalue weighted by atomic mass is 9.95. The van der Waals surface area contributed by atoms with Gasteiger partial charge in [0.05, 0.1) is 11.7 Å². The average Bonchev–Trinajstić information content (AvgIpc) is 3.19. The van der Waals surface area contributed by atoms with Crippen molar-refractivity contribution in [1.82, 2.24) is 9.88 Å². The first-order valence-electron chi connectivity index (χ1n) is 10.1. The number of anilines is 1. The molecule has 29 heavy (non-hydrogen) atoms. The van der Waals surface area contributed by atoms with Gasteiger partial charge in [0.1, 0.15) is 0 Å². The first-order valence-corrected chi connectivity index (χ1v) is 11.0. The summed E-state index contributed by atoms with van der Waals surface area (Å²) in [6, 6.07) is 3.53. The number of rotatable bonds is 5. The van der Waals surface area contributed by atoms with Gasteiger partial charge in [0.15, 0.2) is 16.8 Å². The molecule has 0 unspecified atom stereocenters. The van der Waals surface area contributed by atoms with E-state index < -0.39 is 11.6 Å². The Balaban J connectivity index is 1.41. The Morgan fingerprint density at radius 1 is 1.21 bits per heavy atom. The zero-order valence-corrected chi connectivity index (χ0v) is 17.0. The molecule has 1 aromatic carbocycles. The summed E-state index contributed by atoms with van der Waals surface area (Å²) in [6.07, 6.45) is 5.10. The van der Waals surface area contributed by atoms with E-state index in [1.54, 1.807) is 5.38 Å². The highest BCUT2D eigenvalue weighted by Gasteiger charge is 2.31. The Morgan fingerprint density at radius 2 is 2.03 bits per heavy atom. The zero-order chi connectivity index (χ0) is 20.2. The van der Waals surface area contributed by atoms with Crippen LogP contribution in [0.1, 0.15) is 32.1 Å². The summed E-state index contributed by atoms with van der Waals surface area (Å²) in [5.74, 6) is -1.26. The number of hydrogen-bond acceptors (Lipinski definition) is 5. The topological polar surface area (TPSA) is 54.5 Å². The fraction of sp³-hybridized carbons (Fsp3) is 0.524. The summed E-state index contributed by atoms with van der Waals surface area (Å²) >= 11 is 1.29. The highest BCUT2D eigenvalue weighted by molar-refractivity contribution is 7.14. The minimum Gasteiger partial charge on any atom is -0.381 e. The number of amides is 1. The minimum absolute atomic E-state index is 0.0389.